The van der Waals surface area contributed by atoms with Crippen molar-refractivity contribution in [2.45, 2.75) is 41.0 Å². The molecule has 32 heavy (non-hydrogen) atoms. The van der Waals surface area contributed by atoms with Gasteiger partial charge in [0.15, 0.2) is 5.52 Å². The number of pyridine rings is 1. The Morgan fingerprint density at radius 2 is 1.78 bits per heavy atom. The summed E-state index contributed by atoms with van der Waals surface area (Å²) in [5.74, 6) is -0.257. The molecule has 0 bridgehead atoms. The van der Waals surface area contributed by atoms with Crippen LogP contribution in [0.5, 0.6) is 0 Å². The molecular weight excluding hydrogens is 397 g/mol. The molecule has 0 unspecified atom stereocenters. The van der Waals surface area contributed by atoms with Gasteiger partial charge >= 0.3 is 0 Å². The summed E-state index contributed by atoms with van der Waals surface area (Å²) in [4.78, 5) is 4.57. The Balaban J connectivity index is 2.02. The number of hydrogen-bond acceptors (Lipinski definition) is 1. The molecule has 160 valence electrons. The second-order valence-electron chi connectivity index (χ2n) is 10.5. The van der Waals surface area contributed by atoms with E-state index in [0.29, 0.717) is 5.52 Å². The van der Waals surface area contributed by atoms with Crippen molar-refractivity contribution in [2.24, 2.45) is 12.5 Å². The molecule has 4 heteroatoms. The third-order valence-corrected chi connectivity index (χ3v) is 6.90. The molecule has 0 aliphatic rings. The highest BCUT2D eigenvalue weighted by molar-refractivity contribution is 6.26. The lowest BCUT2D eigenvalue weighted by Crippen LogP contribution is -2.30. The quantitative estimate of drug-likeness (QED) is 0.166. The molecule has 0 aliphatic heterocycles. The zero-order chi connectivity index (χ0) is 22.5. The van der Waals surface area contributed by atoms with E-state index in [1.165, 1.54) is 38.4 Å². The zero-order valence-corrected chi connectivity index (χ0v) is 19.5. The molecular formula is C28H27FN3+. The van der Waals surface area contributed by atoms with E-state index in [2.05, 4.69) is 72.8 Å². The molecule has 0 radical (unpaired) electrons. The number of aryl methyl sites for hydroxylation is 3. The Bertz CT molecular complexity index is 1720. The van der Waals surface area contributed by atoms with E-state index in [1.807, 2.05) is 7.05 Å². The van der Waals surface area contributed by atoms with Gasteiger partial charge in [-0.1, -0.05) is 32.9 Å². The fourth-order valence-electron chi connectivity index (χ4n) is 5.57. The van der Waals surface area contributed by atoms with Crippen LogP contribution in [0.3, 0.4) is 0 Å². The molecule has 0 fully saturated rings. The van der Waals surface area contributed by atoms with E-state index < -0.39 is 0 Å². The van der Waals surface area contributed by atoms with Crippen LogP contribution in [0.25, 0.3) is 49.1 Å². The Kier molecular flexibility index (Phi) is 3.74. The van der Waals surface area contributed by atoms with Gasteiger partial charge in [-0.15, -0.1) is 0 Å². The summed E-state index contributed by atoms with van der Waals surface area (Å²) in [5.41, 5.74) is 9.03. The number of hydrogen-bond donors (Lipinski definition) is 0. The van der Waals surface area contributed by atoms with E-state index in [9.17, 15) is 4.39 Å². The number of benzene rings is 3. The van der Waals surface area contributed by atoms with Crippen molar-refractivity contribution in [3.8, 4) is 0 Å². The largest absolute Gasteiger partial charge is 0.307 e. The van der Waals surface area contributed by atoms with Crippen LogP contribution in [0.15, 0.2) is 42.7 Å². The van der Waals surface area contributed by atoms with Gasteiger partial charge in [-0.25, -0.2) is 8.96 Å². The van der Waals surface area contributed by atoms with E-state index in [4.69, 9.17) is 0 Å². The molecule has 3 heterocycles. The van der Waals surface area contributed by atoms with Gasteiger partial charge in [0, 0.05) is 16.8 Å². The van der Waals surface area contributed by atoms with E-state index in [1.54, 1.807) is 18.5 Å². The van der Waals surface area contributed by atoms with Crippen LogP contribution in [0.2, 0.25) is 0 Å². The fourth-order valence-corrected chi connectivity index (χ4v) is 5.57. The molecule has 6 rings (SSSR count). The van der Waals surface area contributed by atoms with Gasteiger partial charge in [0.05, 0.1) is 34.4 Å². The average molecular weight is 425 g/mol. The molecule has 3 aromatic carbocycles. The van der Waals surface area contributed by atoms with Crippen LogP contribution in [0.1, 0.15) is 37.5 Å². The van der Waals surface area contributed by atoms with Crippen LogP contribution < -0.4 is 4.57 Å². The molecule has 0 aliphatic carbocycles. The maximum absolute atomic E-state index is 14.8. The van der Waals surface area contributed by atoms with Crippen molar-refractivity contribution in [3.05, 3.63) is 65.2 Å². The third-order valence-electron chi connectivity index (χ3n) is 6.90. The summed E-state index contributed by atoms with van der Waals surface area (Å²) in [6.07, 6.45) is 2.78. The summed E-state index contributed by atoms with van der Waals surface area (Å²) in [5, 5.41) is 4.77. The predicted molar refractivity (Wildman–Crippen MR) is 130 cm³/mol. The van der Waals surface area contributed by atoms with Crippen LogP contribution in [0.4, 0.5) is 4.39 Å². The minimum Gasteiger partial charge on any atom is -0.307 e. The first-order valence-electron chi connectivity index (χ1n) is 11.2. The first-order valence-corrected chi connectivity index (χ1v) is 11.2. The molecule has 3 aromatic heterocycles. The molecule has 3 nitrogen and oxygen atoms in total. The zero-order valence-electron chi connectivity index (χ0n) is 19.5. The van der Waals surface area contributed by atoms with Crippen LogP contribution >= 0.6 is 0 Å². The minimum atomic E-state index is -0.257. The Hall–Kier alpha value is -3.27. The van der Waals surface area contributed by atoms with Gasteiger partial charge in [0.25, 0.3) is 6.33 Å². The standard InChI is InChI=1S/C28H27FN3/c1-15-10-19-24-17(13-28(3,4)5)8-7-9-21(24)32-22-12-18(29)11-20-25(22)27(31(6)14-30-20)23(16(15)2)26(19)32/h7-12,14H,13H2,1-6H3/q+1. The summed E-state index contributed by atoms with van der Waals surface area (Å²) in [6.45, 7) is 11.2. The van der Waals surface area contributed by atoms with Gasteiger partial charge in [0.1, 0.15) is 11.3 Å². The lowest BCUT2D eigenvalue weighted by molar-refractivity contribution is -0.646. The average Bonchev–Trinajstić information content (AvgIpc) is 3.04. The smallest absolute Gasteiger partial charge is 0.287 e. The van der Waals surface area contributed by atoms with E-state index in [0.717, 1.165) is 28.4 Å². The van der Waals surface area contributed by atoms with Crippen molar-refractivity contribution in [3.63, 3.8) is 0 Å². The maximum Gasteiger partial charge on any atom is 0.287 e. The van der Waals surface area contributed by atoms with E-state index in [-0.39, 0.29) is 11.2 Å². The van der Waals surface area contributed by atoms with Gasteiger partial charge in [-0.2, -0.15) is 0 Å². The molecule has 0 N–H and O–H groups in total. The van der Waals surface area contributed by atoms with Crippen molar-refractivity contribution in [2.75, 3.05) is 0 Å². The van der Waals surface area contributed by atoms with Crippen molar-refractivity contribution in [1.82, 2.24) is 9.38 Å². The number of aromatic nitrogens is 3. The minimum absolute atomic E-state index is 0.164. The molecule has 0 spiro atoms. The molecule has 0 saturated carbocycles. The van der Waals surface area contributed by atoms with Gasteiger partial charge in [0.2, 0.25) is 0 Å². The third kappa shape index (κ3) is 2.46. The Morgan fingerprint density at radius 3 is 2.53 bits per heavy atom. The highest BCUT2D eigenvalue weighted by Gasteiger charge is 2.26. The lowest BCUT2D eigenvalue weighted by Gasteiger charge is -2.19. The highest BCUT2D eigenvalue weighted by Crippen LogP contribution is 2.43. The number of nitrogens with zero attached hydrogens (tertiary/aromatic N) is 3. The second-order valence-corrected chi connectivity index (χ2v) is 10.5. The van der Waals surface area contributed by atoms with Gasteiger partial charge in [-0.05, 0) is 65.6 Å². The molecule has 0 amide bonds. The fraction of sp³-hybridized carbons (Fsp3) is 0.286. The second kappa shape index (κ2) is 6.16. The predicted octanol–water partition coefficient (Wildman–Crippen LogP) is 6.55. The normalized spacial score (nSPS) is 13.0. The maximum atomic E-state index is 14.8. The van der Waals surface area contributed by atoms with Gasteiger partial charge < -0.3 is 4.40 Å². The van der Waals surface area contributed by atoms with Crippen LogP contribution in [-0.4, -0.2) is 9.38 Å². The summed E-state index contributed by atoms with van der Waals surface area (Å²) >= 11 is 0. The highest BCUT2D eigenvalue weighted by atomic mass is 19.1. The van der Waals surface area contributed by atoms with Gasteiger partial charge in [-0.3, -0.25) is 0 Å². The lowest BCUT2D eigenvalue weighted by atomic mass is 9.86. The SMILES string of the molecule is Cc1cc2c3c(CC(C)(C)C)cccc3n3c4cc(F)cc5nc[n+](C)c(c(c1C)c23)c54. The summed E-state index contributed by atoms with van der Waals surface area (Å²) in [6, 6.07) is 12.1. The molecule has 0 saturated heterocycles. The molecule has 0 atom stereocenters. The monoisotopic (exact) mass is 424 g/mol. The Labute approximate surface area is 186 Å². The van der Waals surface area contributed by atoms with Crippen molar-refractivity contribution in [1.29, 1.82) is 0 Å². The van der Waals surface area contributed by atoms with E-state index >= 15 is 0 Å². The first kappa shape index (κ1) is 19.4. The Morgan fingerprint density at radius 1 is 1.00 bits per heavy atom. The van der Waals surface area contributed by atoms with Crippen molar-refractivity contribution >= 4 is 49.1 Å². The first-order chi connectivity index (χ1) is 15.2. The summed E-state index contributed by atoms with van der Waals surface area (Å²) < 4.78 is 19.2. The number of halogens is 1. The summed E-state index contributed by atoms with van der Waals surface area (Å²) in [7, 11) is 2.03. The topological polar surface area (TPSA) is 21.2 Å². The van der Waals surface area contributed by atoms with Crippen LogP contribution in [-0.2, 0) is 13.5 Å². The van der Waals surface area contributed by atoms with Crippen LogP contribution in [0, 0.1) is 25.1 Å². The number of rotatable bonds is 1. The molecule has 6 aromatic rings. The number of fused-ring (bicyclic) bond motifs is 5. The van der Waals surface area contributed by atoms with Crippen molar-refractivity contribution < 1.29 is 8.96 Å².